The van der Waals surface area contributed by atoms with Crippen LogP contribution >= 0.6 is 24.8 Å². The molecule has 0 aliphatic carbocycles. The number of nitrogens with one attached hydrogen (secondary N) is 1. The Balaban J connectivity index is 0.00000392. The van der Waals surface area contributed by atoms with Crippen molar-refractivity contribution in [3.05, 3.63) is 53.7 Å². The monoisotopic (exact) mass is 453 g/mol. The number of carbonyl (C=O) groups is 1. The predicted octanol–water partition coefficient (Wildman–Crippen LogP) is 4.84. The van der Waals surface area contributed by atoms with Crippen molar-refractivity contribution < 1.29 is 22.7 Å². The van der Waals surface area contributed by atoms with Gasteiger partial charge in [-0.3, -0.25) is 4.79 Å². The van der Waals surface area contributed by atoms with Gasteiger partial charge in [-0.15, -0.1) is 24.8 Å². The Bertz CT molecular complexity index is 785. The summed E-state index contributed by atoms with van der Waals surface area (Å²) in [6, 6.07) is 8.24. The maximum Gasteiger partial charge on any atom is 0.417 e. The Morgan fingerprint density at radius 3 is 2.14 bits per heavy atom. The third kappa shape index (κ3) is 7.06. The molecule has 1 aromatic heterocycles. The van der Waals surface area contributed by atoms with Crippen molar-refractivity contribution in [1.29, 1.82) is 0 Å². The van der Waals surface area contributed by atoms with E-state index in [9.17, 15) is 18.0 Å². The molecule has 0 radical (unpaired) electrons. The Hall–Kier alpha value is -2.03. The lowest BCUT2D eigenvalue weighted by molar-refractivity contribution is -0.137. The molecule has 162 valence electrons. The fourth-order valence-electron chi connectivity index (χ4n) is 2.17. The van der Waals surface area contributed by atoms with Gasteiger partial charge >= 0.3 is 6.18 Å². The maximum absolute atomic E-state index is 12.5. The first-order chi connectivity index (χ1) is 12.5. The van der Waals surface area contributed by atoms with Crippen molar-refractivity contribution in [3.8, 4) is 11.6 Å². The van der Waals surface area contributed by atoms with E-state index in [1.807, 2.05) is 20.8 Å². The first kappa shape index (κ1) is 27.0. The fourth-order valence-corrected chi connectivity index (χ4v) is 2.17. The molecule has 29 heavy (non-hydrogen) atoms. The van der Waals surface area contributed by atoms with Crippen LogP contribution in [0.25, 0.3) is 0 Å². The molecule has 2 aromatic rings. The Morgan fingerprint density at radius 2 is 1.72 bits per heavy atom. The van der Waals surface area contributed by atoms with Gasteiger partial charge in [-0.1, -0.05) is 13.8 Å². The summed E-state index contributed by atoms with van der Waals surface area (Å²) in [4.78, 5) is 16.0. The van der Waals surface area contributed by atoms with Gasteiger partial charge in [0.05, 0.1) is 11.1 Å². The lowest BCUT2D eigenvalue weighted by atomic mass is 9.88. The molecule has 0 aliphatic heterocycles. The Labute approximate surface area is 180 Å². The zero-order valence-corrected chi connectivity index (χ0v) is 17.8. The van der Waals surface area contributed by atoms with Crippen LogP contribution in [0.2, 0.25) is 0 Å². The lowest BCUT2D eigenvalue weighted by Gasteiger charge is -2.33. The second kappa shape index (κ2) is 10.7. The number of rotatable bonds is 6. The number of ether oxygens (including phenoxy) is 1. The third-order valence-electron chi connectivity index (χ3n) is 4.50. The molecule has 0 bridgehead atoms. The number of pyridine rings is 1. The molecule has 2 rings (SSSR count). The highest BCUT2D eigenvalue weighted by molar-refractivity contribution is 5.94. The summed E-state index contributed by atoms with van der Waals surface area (Å²) in [5.41, 5.74) is 4.81. The fraction of sp³-hybridized carbons (Fsp3) is 0.368. The van der Waals surface area contributed by atoms with E-state index in [4.69, 9.17) is 10.5 Å². The molecule has 0 fully saturated rings. The van der Waals surface area contributed by atoms with Crippen LogP contribution in [0.4, 0.5) is 13.2 Å². The molecule has 1 amide bonds. The van der Waals surface area contributed by atoms with Crippen molar-refractivity contribution in [1.82, 2.24) is 10.3 Å². The number of aromatic nitrogens is 1. The average Bonchev–Trinajstić information content (AvgIpc) is 2.61. The first-order valence-electron chi connectivity index (χ1n) is 8.39. The van der Waals surface area contributed by atoms with Crippen LogP contribution in [-0.4, -0.2) is 23.0 Å². The number of nitrogens with two attached hydrogens (primary N) is 1. The van der Waals surface area contributed by atoms with Crippen LogP contribution in [0.1, 0.15) is 36.7 Å². The van der Waals surface area contributed by atoms with Gasteiger partial charge in [0, 0.05) is 24.4 Å². The summed E-state index contributed by atoms with van der Waals surface area (Å²) < 4.78 is 43.0. The topological polar surface area (TPSA) is 77.2 Å². The van der Waals surface area contributed by atoms with Crippen molar-refractivity contribution in [3.63, 3.8) is 0 Å². The molecule has 3 N–H and O–H groups in total. The van der Waals surface area contributed by atoms with Gasteiger partial charge in [-0.2, -0.15) is 13.2 Å². The van der Waals surface area contributed by atoms with Gasteiger partial charge in [-0.05, 0) is 43.2 Å². The molecule has 1 unspecified atom stereocenters. The second-order valence-electron chi connectivity index (χ2n) is 6.74. The van der Waals surface area contributed by atoms with Gasteiger partial charge in [0.2, 0.25) is 5.88 Å². The largest absolute Gasteiger partial charge is 0.439 e. The van der Waals surface area contributed by atoms with E-state index in [0.29, 0.717) is 24.1 Å². The quantitative estimate of drug-likeness (QED) is 0.655. The normalized spacial score (nSPS) is 13.0. The van der Waals surface area contributed by atoms with E-state index < -0.39 is 17.3 Å². The van der Waals surface area contributed by atoms with E-state index in [-0.39, 0.29) is 42.5 Å². The van der Waals surface area contributed by atoms with E-state index in [1.165, 1.54) is 0 Å². The minimum atomic E-state index is -4.45. The highest BCUT2D eigenvalue weighted by atomic mass is 35.5. The summed E-state index contributed by atoms with van der Waals surface area (Å²) >= 11 is 0. The summed E-state index contributed by atoms with van der Waals surface area (Å²) in [6.07, 6.45) is -3.74. The highest BCUT2D eigenvalue weighted by Gasteiger charge is 2.31. The first-order valence-corrected chi connectivity index (χ1v) is 8.39. The predicted molar refractivity (Wildman–Crippen MR) is 110 cm³/mol. The molecule has 5 nitrogen and oxygen atoms in total. The molecule has 1 heterocycles. The van der Waals surface area contributed by atoms with Crippen molar-refractivity contribution >= 4 is 30.7 Å². The number of halogens is 5. The van der Waals surface area contributed by atoms with Crippen LogP contribution in [0.15, 0.2) is 42.6 Å². The summed E-state index contributed by atoms with van der Waals surface area (Å²) in [5.74, 6) is 0.260. The zero-order chi connectivity index (χ0) is 20.2. The number of benzene rings is 1. The highest BCUT2D eigenvalue weighted by Crippen LogP contribution is 2.30. The number of amides is 1. The Morgan fingerprint density at radius 1 is 1.14 bits per heavy atom. The minimum Gasteiger partial charge on any atom is -0.439 e. The third-order valence-corrected chi connectivity index (χ3v) is 4.50. The van der Waals surface area contributed by atoms with Crippen molar-refractivity contribution in [2.75, 3.05) is 6.54 Å². The average molecular weight is 454 g/mol. The number of hydrogen-bond donors (Lipinski definition) is 2. The summed E-state index contributed by atoms with van der Waals surface area (Å²) in [5, 5.41) is 2.92. The SMILES string of the molecule is CC(C)C(C)(CN)NC(=O)c1ccc(Oc2ccc(C(F)(F)F)cn2)cc1.Cl.Cl. The second-order valence-corrected chi connectivity index (χ2v) is 6.74. The van der Waals surface area contributed by atoms with Gasteiger partial charge in [-0.25, -0.2) is 4.98 Å². The van der Waals surface area contributed by atoms with Gasteiger partial charge < -0.3 is 15.8 Å². The van der Waals surface area contributed by atoms with Crippen LogP contribution in [-0.2, 0) is 6.18 Å². The number of carbonyl (C=O) groups excluding carboxylic acids is 1. The van der Waals surface area contributed by atoms with Crippen molar-refractivity contribution in [2.24, 2.45) is 11.7 Å². The van der Waals surface area contributed by atoms with Crippen LogP contribution in [0.3, 0.4) is 0 Å². The minimum absolute atomic E-state index is 0. The molecular formula is C19H24Cl2F3N3O2. The van der Waals surface area contributed by atoms with E-state index >= 15 is 0 Å². The molecule has 0 aliphatic rings. The van der Waals surface area contributed by atoms with Crippen LogP contribution in [0.5, 0.6) is 11.6 Å². The summed E-state index contributed by atoms with van der Waals surface area (Å²) in [7, 11) is 0. The standard InChI is InChI=1S/C19H22F3N3O2.2ClH/c1-12(2)18(3,11-23)25-17(26)13-4-7-15(8-5-13)27-16-9-6-14(10-24-16)19(20,21)22;;/h4-10,12H,11,23H2,1-3H3,(H,25,26);2*1H. The molecule has 0 saturated carbocycles. The smallest absolute Gasteiger partial charge is 0.417 e. The molecule has 0 saturated heterocycles. The van der Waals surface area contributed by atoms with Crippen LogP contribution in [0, 0.1) is 5.92 Å². The Kier molecular flexibility index (Phi) is 9.92. The zero-order valence-electron chi connectivity index (χ0n) is 16.1. The molecular weight excluding hydrogens is 430 g/mol. The van der Waals surface area contributed by atoms with Gasteiger partial charge in [0.15, 0.2) is 0 Å². The van der Waals surface area contributed by atoms with E-state index in [2.05, 4.69) is 10.3 Å². The molecule has 0 spiro atoms. The molecule has 1 aromatic carbocycles. The lowest BCUT2D eigenvalue weighted by Crippen LogP contribution is -2.55. The maximum atomic E-state index is 12.5. The van der Waals surface area contributed by atoms with Crippen molar-refractivity contribution in [2.45, 2.75) is 32.5 Å². The van der Waals surface area contributed by atoms with Gasteiger partial charge in [0.1, 0.15) is 5.75 Å². The number of nitrogens with zero attached hydrogens (tertiary/aromatic N) is 1. The number of alkyl halides is 3. The van der Waals surface area contributed by atoms with Gasteiger partial charge in [0.25, 0.3) is 5.91 Å². The van der Waals surface area contributed by atoms with E-state index in [1.54, 1.807) is 24.3 Å². The number of hydrogen-bond acceptors (Lipinski definition) is 4. The summed E-state index contributed by atoms with van der Waals surface area (Å²) in [6.45, 7) is 6.13. The van der Waals surface area contributed by atoms with Crippen LogP contribution < -0.4 is 15.8 Å². The molecule has 1 atom stereocenters. The van der Waals surface area contributed by atoms with E-state index in [0.717, 1.165) is 12.1 Å². The molecule has 10 heteroatoms.